The molecule has 33 heavy (non-hydrogen) atoms. The van der Waals surface area contributed by atoms with Crippen LogP contribution in [0.1, 0.15) is 32.3 Å². The monoisotopic (exact) mass is 493 g/mol. The summed E-state index contributed by atoms with van der Waals surface area (Å²) in [5, 5.41) is 12.7. The molecule has 0 aromatic heterocycles. The minimum atomic E-state index is -5.13. The Morgan fingerprint density at radius 3 is 2.33 bits per heavy atom. The van der Waals surface area contributed by atoms with Crippen LogP contribution < -0.4 is 5.32 Å². The molecule has 1 aliphatic carbocycles. The molecule has 0 spiro atoms. The van der Waals surface area contributed by atoms with Crippen molar-refractivity contribution >= 4 is 21.4 Å². The molecule has 0 saturated carbocycles. The summed E-state index contributed by atoms with van der Waals surface area (Å²) in [6.45, 7) is 3.37. The highest BCUT2D eigenvalue weighted by Gasteiger charge is 2.60. The van der Waals surface area contributed by atoms with Crippen LogP contribution >= 0.6 is 0 Å². The SMILES string of the molecule is COC(=O)C(CC(C)C)NC(C(F)(F)F)C1(S(C)(=O)=O)C=CC(c2ccccc2F)=C(O)C1. The second-order valence-corrected chi connectivity index (χ2v) is 10.7. The number of allylic oxidation sites excluding steroid dienone is 3. The average Bonchev–Trinajstić information content (AvgIpc) is 2.69. The van der Waals surface area contributed by atoms with E-state index in [4.69, 9.17) is 0 Å². The molecule has 0 amide bonds. The van der Waals surface area contributed by atoms with Crippen LogP contribution in [0, 0.1) is 11.7 Å². The second kappa shape index (κ2) is 9.84. The largest absolute Gasteiger partial charge is 0.512 e. The molecular weight excluding hydrogens is 466 g/mol. The van der Waals surface area contributed by atoms with Gasteiger partial charge in [0.05, 0.1) is 7.11 Å². The van der Waals surface area contributed by atoms with E-state index >= 15 is 0 Å². The maximum atomic E-state index is 14.3. The zero-order chi connectivity index (χ0) is 25.2. The summed E-state index contributed by atoms with van der Waals surface area (Å²) >= 11 is 0. The van der Waals surface area contributed by atoms with Crippen molar-refractivity contribution in [3.05, 3.63) is 53.6 Å². The summed E-state index contributed by atoms with van der Waals surface area (Å²) in [5.41, 5.74) is -0.211. The van der Waals surface area contributed by atoms with Gasteiger partial charge in [-0.3, -0.25) is 10.1 Å². The molecular formula is C22H27F4NO5S. The first-order valence-electron chi connectivity index (χ1n) is 10.1. The van der Waals surface area contributed by atoms with E-state index in [2.05, 4.69) is 10.1 Å². The molecule has 2 rings (SSSR count). The fourth-order valence-electron chi connectivity index (χ4n) is 3.89. The lowest BCUT2D eigenvalue weighted by Gasteiger charge is -2.41. The number of esters is 1. The average molecular weight is 494 g/mol. The van der Waals surface area contributed by atoms with Gasteiger partial charge in [0.2, 0.25) is 0 Å². The maximum absolute atomic E-state index is 14.3. The Kier molecular flexibility index (Phi) is 8.01. The highest BCUT2D eigenvalue weighted by molar-refractivity contribution is 7.92. The Bertz CT molecular complexity index is 1050. The first kappa shape index (κ1) is 26.8. The van der Waals surface area contributed by atoms with Crippen molar-refractivity contribution in [2.75, 3.05) is 13.4 Å². The topological polar surface area (TPSA) is 92.7 Å². The summed E-state index contributed by atoms with van der Waals surface area (Å²) in [4.78, 5) is 12.2. The Morgan fingerprint density at radius 1 is 1.27 bits per heavy atom. The summed E-state index contributed by atoms with van der Waals surface area (Å²) in [7, 11) is -3.52. The number of carbonyl (C=O) groups excluding carboxylic acids is 1. The molecule has 0 heterocycles. The van der Waals surface area contributed by atoms with Gasteiger partial charge in [0, 0.05) is 23.8 Å². The Morgan fingerprint density at radius 2 is 1.88 bits per heavy atom. The van der Waals surface area contributed by atoms with Gasteiger partial charge in [-0.25, -0.2) is 12.8 Å². The van der Waals surface area contributed by atoms with Crippen molar-refractivity contribution in [3.8, 4) is 0 Å². The first-order valence-corrected chi connectivity index (χ1v) is 12.0. The zero-order valence-corrected chi connectivity index (χ0v) is 19.4. The van der Waals surface area contributed by atoms with Crippen LogP contribution in [0.15, 0.2) is 42.2 Å². The molecule has 2 N–H and O–H groups in total. The normalized spacial score (nSPS) is 21.2. The van der Waals surface area contributed by atoms with E-state index in [0.29, 0.717) is 6.26 Å². The third-order valence-corrected chi connectivity index (χ3v) is 7.41. The van der Waals surface area contributed by atoms with Crippen LogP contribution in [-0.2, 0) is 19.4 Å². The molecule has 0 fully saturated rings. The molecule has 3 unspecified atom stereocenters. The predicted octanol–water partition coefficient (Wildman–Crippen LogP) is 3.95. The van der Waals surface area contributed by atoms with Gasteiger partial charge in [-0.1, -0.05) is 44.2 Å². The van der Waals surface area contributed by atoms with Crippen LogP contribution in [0.4, 0.5) is 17.6 Å². The van der Waals surface area contributed by atoms with E-state index in [9.17, 15) is 35.9 Å². The number of hydrogen-bond acceptors (Lipinski definition) is 6. The smallest absolute Gasteiger partial charge is 0.405 e. The van der Waals surface area contributed by atoms with Crippen molar-refractivity contribution in [3.63, 3.8) is 0 Å². The van der Waals surface area contributed by atoms with E-state index in [-0.39, 0.29) is 23.5 Å². The van der Waals surface area contributed by atoms with Gasteiger partial charge in [-0.15, -0.1) is 0 Å². The minimum absolute atomic E-state index is 0.0505. The van der Waals surface area contributed by atoms with Crippen molar-refractivity contribution in [1.82, 2.24) is 5.32 Å². The zero-order valence-electron chi connectivity index (χ0n) is 18.6. The number of aliphatic hydroxyl groups excluding tert-OH is 1. The van der Waals surface area contributed by atoms with Crippen molar-refractivity contribution in [2.24, 2.45) is 5.92 Å². The third kappa shape index (κ3) is 5.75. The lowest BCUT2D eigenvalue weighted by molar-refractivity contribution is -0.167. The molecule has 0 saturated heterocycles. The number of sulfone groups is 1. The highest BCUT2D eigenvalue weighted by Crippen LogP contribution is 2.43. The molecule has 1 aromatic rings. The molecule has 0 radical (unpaired) electrons. The molecule has 1 aliphatic rings. The lowest BCUT2D eigenvalue weighted by atomic mass is 9.84. The Labute approximate surface area is 190 Å². The molecule has 184 valence electrons. The van der Waals surface area contributed by atoms with E-state index in [1.807, 2.05) is 0 Å². The van der Waals surface area contributed by atoms with E-state index < -0.39 is 56.8 Å². The van der Waals surface area contributed by atoms with Crippen LogP contribution in [0.25, 0.3) is 5.57 Å². The molecule has 1 aromatic carbocycles. The molecule has 0 bridgehead atoms. The molecule has 0 aliphatic heterocycles. The van der Waals surface area contributed by atoms with E-state index in [0.717, 1.165) is 25.3 Å². The maximum Gasteiger partial charge on any atom is 0.405 e. The van der Waals surface area contributed by atoms with Gasteiger partial charge in [0.1, 0.15) is 28.4 Å². The van der Waals surface area contributed by atoms with Crippen LogP contribution in [0.5, 0.6) is 0 Å². The third-order valence-electron chi connectivity index (χ3n) is 5.52. The van der Waals surface area contributed by atoms with Gasteiger partial charge < -0.3 is 9.84 Å². The fraction of sp³-hybridized carbons (Fsp3) is 0.500. The Balaban J connectivity index is 2.62. The fourth-order valence-corrected chi connectivity index (χ4v) is 5.23. The van der Waals surface area contributed by atoms with Gasteiger partial charge in [-0.2, -0.15) is 13.2 Å². The lowest BCUT2D eigenvalue weighted by Crippen LogP contribution is -2.65. The minimum Gasteiger partial charge on any atom is -0.512 e. The molecule has 3 atom stereocenters. The van der Waals surface area contributed by atoms with Crippen LogP contribution in [-0.4, -0.2) is 55.9 Å². The number of hydrogen-bond donors (Lipinski definition) is 2. The number of aliphatic hydroxyl groups is 1. The van der Waals surface area contributed by atoms with Crippen molar-refractivity contribution < 1.29 is 40.6 Å². The van der Waals surface area contributed by atoms with Crippen molar-refractivity contribution in [2.45, 2.75) is 49.7 Å². The van der Waals surface area contributed by atoms with Gasteiger partial charge in [0.25, 0.3) is 0 Å². The van der Waals surface area contributed by atoms with Gasteiger partial charge in [-0.05, 0) is 18.4 Å². The first-order chi connectivity index (χ1) is 15.1. The van der Waals surface area contributed by atoms with E-state index in [1.165, 1.54) is 18.2 Å². The van der Waals surface area contributed by atoms with Crippen molar-refractivity contribution in [1.29, 1.82) is 0 Å². The summed E-state index contributed by atoms with van der Waals surface area (Å²) in [6.07, 6.45) is -3.77. The van der Waals surface area contributed by atoms with Crippen LogP contribution in [0.2, 0.25) is 0 Å². The van der Waals surface area contributed by atoms with Gasteiger partial charge in [0.15, 0.2) is 9.84 Å². The quantitative estimate of drug-likeness (QED) is 0.421. The molecule has 11 heteroatoms. The summed E-state index contributed by atoms with van der Waals surface area (Å²) in [5.74, 6) is -2.65. The summed E-state index contributed by atoms with van der Waals surface area (Å²) < 4.78 is 84.5. The van der Waals surface area contributed by atoms with Crippen LogP contribution in [0.3, 0.4) is 0 Å². The number of nitrogens with one attached hydrogen (secondary N) is 1. The standard InChI is InChI=1S/C22H27F4NO5S/c1-13(2)11-17(19(29)32-3)27-20(22(24,25)26)21(33(4,30)31)10-9-15(18(28)12-21)14-7-5-6-8-16(14)23/h5-10,13,17,20,27-28H,11-12H2,1-4H3. The molecule has 6 nitrogen and oxygen atoms in total. The summed E-state index contributed by atoms with van der Waals surface area (Å²) in [6, 6.07) is 1.08. The number of benzene rings is 1. The number of ether oxygens (including phenoxy) is 1. The van der Waals surface area contributed by atoms with Gasteiger partial charge >= 0.3 is 12.1 Å². The Hall–Kier alpha value is -2.40. The second-order valence-electron chi connectivity index (χ2n) is 8.42. The highest BCUT2D eigenvalue weighted by atomic mass is 32.2. The number of rotatable bonds is 8. The number of carbonyl (C=O) groups is 1. The number of alkyl halides is 3. The number of methoxy groups -OCH3 is 1. The predicted molar refractivity (Wildman–Crippen MR) is 116 cm³/mol. The van der Waals surface area contributed by atoms with E-state index in [1.54, 1.807) is 13.8 Å². The number of halogens is 4.